The number of hydrogen-bond acceptors (Lipinski definition) is 5. The molecule has 0 spiro atoms. The molecule has 0 aromatic rings. The van der Waals surface area contributed by atoms with Crippen molar-refractivity contribution in [1.29, 1.82) is 0 Å². The van der Waals surface area contributed by atoms with Gasteiger partial charge in [-0.2, -0.15) is 0 Å². The topological polar surface area (TPSA) is 110 Å². The van der Waals surface area contributed by atoms with Crippen LogP contribution in [-0.4, -0.2) is 58.3 Å². The highest BCUT2D eigenvalue weighted by Gasteiger charge is 2.05. The molecule has 5 N–H and O–H groups in total. The van der Waals surface area contributed by atoms with Crippen molar-refractivity contribution in [1.82, 2.24) is 5.32 Å². The Morgan fingerprint density at radius 1 is 1.26 bits per heavy atom. The number of carbonyl (C=O) groups excluding carboxylic acids is 1. The van der Waals surface area contributed by atoms with Gasteiger partial charge in [0, 0.05) is 13.0 Å². The van der Waals surface area contributed by atoms with Crippen LogP contribution in [0.3, 0.4) is 0 Å². The Bertz CT molecular complexity index is 191. The number of aliphatic hydroxyl groups excluding tert-OH is 4. The molecule has 1 fully saturated rings. The van der Waals surface area contributed by atoms with Crippen molar-refractivity contribution in [3.63, 3.8) is 0 Å². The van der Waals surface area contributed by atoms with Gasteiger partial charge in [-0.15, -0.1) is 0 Å². The Kier molecular flexibility index (Phi) is 16.7. The fraction of sp³-hybridized carbons (Fsp3) is 0.923. The van der Waals surface area contributed by atoms with Crippen molar-refractivity contribution >= 4 is 5.91 Å². The van der Waals surface area contributed by atoms with Gasteiger partial charge in [-0.3, -0.25) is 4.79 Å². The molecule has 0 aromatic carbocycles. The molecular weight excluding hydrogens is 250 g/mol. The van der Waals surface area contributed by atoms with Gasteiger partial charge in [-0.25, -0.2) is 0 Å². The van der Waals surface area contributed by atoms with E-state index >= 15 is 0 Å². The lowest BCUT2D eigenvalue weighted by Crippen LogP contribution is -2.12. The molecule has 2 unspecified atom stereocenters. The molecule has 0 aliphatic carbocycles. The zero-order valence-corrected chi connectivity index (χ0v) is 12.0. The third-order valence-corrected chi connectivity index (χ3v) is 2.27. The molecule has 1 aliphatic heterocycles. The SMILES string of the molecule is CC(O)CO.CCCCC(O)CO.O=C1CCCN1. The lowest BCUT2D eigenvalue weighted by atomic mass is 10.2. The van der Waals surface area contributed by atoms with Gasteiger partial charge < -0.3 is 25.7 Å². The molecule has 1 amide bonds. The smallest absolute Gasteiger partial charge is 0.220 e. The van der Waals surface area contributed by atoms with E-state index in [9.17, 15) is 4.79 Å². The highest BCUT2D eigenvalue weighted by molar-refractivity contribution is 5.77. The number of amides is 1. The van der Waals surface area contributed by atoms with Crippen LogP contribution in [0.1, 0.15) is 46.0 Å². The predicted octanol–water partition coefficient (Wildman–Crippen LogP) is -0.214. The fourth-order valence-corrected chi connectivity index (χ4v) is 1.10. The lowest BCUT2D eigenvalue weighted by Gasteiger charge is -2.02. The summed E-state index contributed by atoms with van der Waals surface area (Å²) in [7, 11) is 0. The van der Waals surface area contributed by atoms with E-state index in [0.717, 1.165) is 38.6 Å². The van der Waals surface area contributed by atoms with E-state index in [2.05, 4.69) is 12.2 Å². The Labute approximate surface area is 115 Å². The summed E-state index contributed by atoms with van der Waals surface area (Å²) in [5.74, 6) is 0.204. The Morgan fingerprint density at radius 3 is 2.05 bits per heavy atom. The van der Waals surface area contributed by atoms with Crippen LogP contribution in [0.15, 0.2) is 0 Å². The number of hydrogen-bond donors (Lipinski definition) is 5. The first kappa shape index (κ1) is 20.6. The first-order valence-corrected chi connectivity index (χ1v) is 6.82. The van der Waals surface area contributed by atoms with Crippen LogP contribution in [0.2, 0.25) is 0 Å². The van der Waals surface area contributed by atoms with Crippen LogP contribution < -0.4 is 5.32 Å². The van der Waals surface area contributed by atoms with E-state index in [-0.39, 0.29) is 19.1 Å². The van der Waals surface area contributed by atoms with Crippen molar-refractivity contribution < 1.29 is 25.2 Å². The highest BCUT2D eigenvalue weighted by atomic mass is 16.3. The summed E-state index contributed by atoms with van der Waals surface area (Å²) in [5, 5.41) is 35.7. The van der Waals surface area contributed by atoms with Gasteiger partial charge >= 0.3 is 0 Å². The van der Waals surface area contributed by atoms with E-state index in [4.69, 9.17) is 20.4 Å². The zero-order chi connectivity index (χ0) is 15.1. The number of nitrogens with one attached hydrogen (secondary N) is 1. The molecule has 0 saturated carbocycles. The molecule has 6 heteroatoms. The highest BCUT2D eigenvalue weighted by Crippen LogP contribution is 1.97. The van der Waals surface area contributed by atoms with Crippen LogP contribution in [0, 0.1) is 0 Å². The number of carbonyl (C=O) groups is 1. The van der Waals surface area contributed by atoms with Gasteiger partial charge in [0.15, 0.2) is 0 Å². The van der Waals surface area contributed by atoms with Gasteiger partial charge in [-0.05, 0) is 19.8 Å². The molecule has 0 radical (unpaired) electrons. The molecule has 1 rings (SSSR count). The summed E-state index contributed by atoms with van der Waals surface area (Å²) in [5.41, 5.74) is 0. The van der Waals surface area contributed by atoms with Crippen molar-refractivity contribution in [2.75, 3.05) is 19.8 Å². The number of unbranched alkanes of at least 4 members (excludes halogenated alkanes) is 1. The van der Waals surface area contributed by atoms with E-state index in [1.165, 1.54) is 6.92 Å². The van der Waals surface area contributed by atoms with Crippen molar-refractivity contribution in [2.45, 2.75) is 58.2 Å². The first-order valence-electron chi connectivity index (χ1n) is 6.82. The summed E-state index contributed by atoms with van der Waals surface area (Å²) in [6, 6.07) is 0. The van der Waals surface area contributed by atoms with Gasteiger partial charge in [0.2, 0.25) is 5.91 Å². The second-order valence-electron chi connectivity index (χ2n) is 4.46. The third kappa shape index (κ3) is 19.8. The largest absolute Gasteiger partial charge is 0.394 e. The molecule has 19 heavy (non-hydrogen) atoms. The summed E-state index contributed by atoms with van der Waals surface area (Å²) < 4.78 is 0. The van der Waals surface area contributed by atoms with Gasteiger partial charge in [0.05, 0.1) is 25.4 Å². The molecule has 2 atom stereocenters. The monoisotopic (exact) mass is 279 g/mol. The number of aliphatic hydroxyl groups is 4. The molecule has 1 saturated heterocycles. The van der Waals surface area contributed by atoms with Crippen molar-refractivity contribution in [3.05, 3.63) is 0 Å². The predicted molar refractivity (Wildman–Crippen MR) is 73.6 cm³/mol. The van der Waals surface area contributed by atoms with E-state index < -0.39 is 12.2 Å². The molecular formula is C13H29NO5. The average Bonchev–Trinajstić information content (AvgIpc) is 2.88. The summed E-state index contributed by atoms with van der Waals surface area (Å²) in [6.45, 7) is 4.24. The van der Waals surface area contributed by atoms with Gasteiger partial charge in [-0.1, -0.05) is 19.8 Å². The Balaban J connectivity index is 0. The quantitative estimate of drug-likeness (QED) is 0.478. The van der Waals surface area contributed by atoms with Gasteiger partial charge in [0.1, 0.15) is 0 Å². The zero-order valence-electron chi connectivity index (χ0n) is 12.0. The maximum absolute atomic E-state index is 10.1. The lowest BCUT2D eigenvalue weighted by molar-refractivity contribution is -0.119. The molecule has 1 heterocycles. The van der Waals surface area contributed by atoms with Crippen LogP contribution >= 0.6 is 0 Å². The Hall–Kier alpha value is -0.690. The fourth-order valence-electron chi connectivity index (χ4n) is 1.10. The minimum atomic E-state index is -0.560. The third-order valence-electron chi connectivity index (χ3n) is 2.27. The first-order chi connectivity index (χ1) is 8.97. The minimum Gasteiger partial charge on any atom is -0.394 e. The summed E-state index contributed by atoms with van der Waals surface area (Å²) in [6.07, 6.45) is 3.52. The van der Waals surface area contributed by atoms with Gasteiger partial charge in [0.25, 0.3) is 0 Å². The maximum Gasteiger partial charge on any atom is 0.220 e. The molecule has 0 aromatic heterocycles. The molecule has 0 bridgehead atoms. The van der Waals surface area contributed by atoms with Crippen LogP contribution in [0.25, 0.3) is 0 Å². The van der Waals surface area contributed by atoms with Crippen LogP contribution in [0.5, 0.6) is 0 Å². The molecule has 6 nitrogen and oxygen atoms in total. The standard InChI is InChI=1S/C6H14O2.C4H7NO.C3H8O2/c1-2-3-4-6(8)5-7;6-4-2-1-3-5-4;1-3(5)2-4/h6-8H,2-5H2,1H3;1-3H2,(H,5,6);3-5H,2H2,1H3. The molecule has 116 valence electrons. The van der Waals surface area contributed by atoms with Crippen LogP contribution in [-0.2, 0) is 4.79 Å². The van der Waals surface area contributed by atoms with E-state index in [1.807, 2.05) is 0 Å². The molecule has 1 aliphatic rings. The maximum atomic E-state index is 10.1. The van der Waals surface area contributed by atoms with Crippen LogP contribution in [0.4, 0.5) is 0 Å². The minimum absolute atomic E-state index is 0.0972. The summed E-state index contributed by atoms with van der Waals surface area (Å²) in [4.78, 5) is 10.1. The van der Waals surface area contributed by atoms with E-state index in [0.29, 0.717) is 0 Å². The van der Waals surface area contributed by atoms with Crippen molar-refractivity contribution in [2.24, 2.45) is 0 Å². The normalized spacial score (nSPS) is 16.4. The Morgan fingerprint density at radius 2 is 1.84 bits per heavy atom. The second kappa shape index (κ2) is 15.4. The van der Waals surface area contributed by atoms with Crippen molar-refractivity contribution in [3.8, 4) is 0 Å². The summed E-state index contributed by atoms with van der Waals surface area (Å²) >= 11 is 0. The second-order valence-corrected chi connectivity index (χ2v) is 4.46. The van der Waals surface area contributed by atoms with E-state index in [1.54, 1.807) is 0 Å². The average molecular weight is 279 g/mol. The number of rotatable bonds is 5.